The molecular weight excluding hydrogens is 148 g/mol. The second kappa shape index (κ2) is 3.06. The summed E-state index contributed by atoms with van der Waals surface area (Å²) in [6, 6.07) is -0.317. The molecule has 0 aromatic rings. The molecule has 0 bridgehead atoms. The molecule has 0 saturated carbocycles. The van der Waals surface area contributed by atoms with Crippen LogP contribution in [0.2, 0.25) is 0 Å². The van der Waals surface area contributed by atoms with Gasteiger partial charge in [0.2, 0.25) is 0 Å². The molecule has 0 spiro atoms. The summed E-state index contributed by atoms with van der Waals surface area (Å²) in [7, 11) is 0. The third-order valence-electron chi connectivity index (χ3n) is 1.86. The molecule has 2 amide bonds. The molecule has 64 valence electrons. The van der Waals surface area contributed by atoms with Gasteiger partial charge in [-0.25, -0.2) is 4.79 Å². The van der Waals surface area contributed by atoms with Gasteiger partial charge in [0.05, 0.1) is 6.04 Å². The first-order valence-electron chi connectivity index (χ1n) is 3.48. The Kier molecular flexibility index (Phi) is 2.31. The van der Waals surface area contributed by atoms with Crippen molar-refractivity contribution < 1.29 is 15.0 Å². The first kappa shape index (κ1) is 8.29. The van der Waals surface area contributed by atoms with Gasteiger partial charge in [-0.2, -0.15) is 0 Å². The standard InChI is InChI=1S/C6H12N2O3/c1-5-2-7(3-9)6(11)8(5)4-10/h5,9-10H,2-4H2,1H3. The summed E-state index contributed by atoms with van der Waals surface area (Å²) in [6.07, 6.45) is 0. The van der Waals surface area contributed by atoms with Crippen molar-refractivity contribution in [3.05, 3.63) is 0 Å². The number of hydrogen-bond donors (Lipinski definition) is 2. The van der Waals surface area contributed by atoms with Crippen molar-refractivity contribution in [2.45, 2.75) is 13.0 Å². The maximum absolute atomic E-state index is 11.1. The van der Waals surface area contributed by atoms with E-state index in [1.165, 1.54) is 9.80 Å². The number of aliphatic hydroxyl groups is 2. The minimum absolute atomic E-state index is 0.0142. The first-order chi connectivity index (χ1) is 5.20. The fourth-order valence-corrected chi connectivity index (χ4v) is 1.18. The van der Waals surface area contributed by atoms with Crippen LogP contribution in [-0.4, -0.2) is 52.1 Å². The number of aliphatic hydroxyl groups excluding tert-OH is 2. The molecule has 1 unspecified atom stereocenters. The predicted molar refractivity (Wildman–Crippen MR) is 37.6 cm³/mol. The van der Waals surface area contributed by atoms with Crippen molar-refractivity contribution in [3.8, 4) is 0 Å². The average molecular weight is 160 g/mol. The number of carbonyl (C=O) groups excluding carboxylic acids is 1. The average Bonchev–Trinajstić information content (AvgIpc) is 2.26. The van der Waals surface area contributed by atoms with E-state index in [1.54, 1.807) is 0 Å². The zero-order chi connectivity index (χ0) is 8.43. The Labute approximate surface area is 64.8 Å². The Morgan fingerprint density at radius 3 is 2.45 bits per heavy atom. The molecule has 0 radical (unpaired) electrons. The summed E-state index contributed by atoms with van der Waals surface area (Å²) in [5, 5.41) is 17.4. The molecule has 2 N–H and O–H groups in total. The maximum atomic E-state index is 11.1. The van der Waals surface area contributed by atoms with Gasteiger partial charge in [0.15, 0.2) is 0 Å². The molecule has 0 aliphatic carbocycles. The van der Waals surface area contributed by atoms with Crippen molar-refractivity contribution in [1.29, 1.82) is 0 Å². The quantitative estimate of drug-likeness (QED) is 0.545. The molecule has 5 nitrogen and oxygen atoms in total. The second-order valence-electron chi connectivity index (χ2n) is 2.61. The smallest absolute Gasteiger partial charge is 0.324 e. The van der Waals surface area contributed by atoms with Crippen LogP contribution >= 0.6 is 0 Å². The van der Waals surface area contributed by atoms with Gasteiger partial charge in [-0.1, -0.05) is 0 Å². The zero-order valence-corrected chi connectivity index (χ0v) is 6.40. The number of carbonyl (C=O) groups is 1. The van der Waals surface area contributed by atoms with Gasteiger partial charge in [-0.3, -0.25) is 9.80 Å². The molecular formula is C6H12N2O3. The van der Waals surface area contributed by atoms with E-state index >= 15 is 0 Å². The topological polar surface area (TPSA) is 64.0 Å². The van der Waals surface area contributed by atoms with Crippen LogP contribution in [0.25, 0.3) is 0 Å². The highest BCUT2D eigenvalue weighted by atomic mass is 16.3. The number of amides is 2. The lowest BCUT2D eigenvalue weighted by atomic mass is 10.3. The van der Waals surface area contributed by atoms with E-state index in [-0.39, 0.29) is 25.5 Å². The Bertz CT molecular complexity index is 162. The van der Waals surface area contributed by atoms with Crippen molar-refractivity contribution in [2.75, 3.05) is 20.0 Å². The zero-order valence-electron chi connectivity index (χ0n) is 6.40. The molecule has 5 heteroatoms. The normalized spacial score (nSPS) is 25.0. The largest absolute Gasteiger partial charge is 0.376 e. The monoisotopic (exact) mass is 160 g/mol. The Balaban J connectivity index is 2.63. The fourth-order valence-electron chi connectivity index (χ4n) is 1.18. The van der Waals surface area contributed by atoms with E-state index in [0.29, 0.717) is 6.54 Å². The summed E-state index contributed by atoms with van der Waals surface area (Å²) >= 11 is 0. The number of urea groups is 1. The van der Waals surface area contributed by atoms with Crippen LogP contribution in [0.1, 0.15) is 6.92 Å². The predicted octanol–water partition coefficient (Wildman–Crippen LogP) is -0.988. The Hall–Kier alpha value is -0.810. The van der Waals surface area contributed by atoms with Crippen LogP contribution in [0.3, 0.4) is 0 Å². The Morgan fingerprint density at radius 1 is 1.55 bits per heavy atom. The molecule has 0 aromatic carbocycles. The van der Waals surface area contributed by atoms with Crippen molar-refractivity contribution in [2.24, 2.45) is 0 Å². The molecule has 1 saturated heterocycles. The maximum Gasteiger partial charge on any atom is 0.324 e. The molecule has 1 aliphatic heterocycles. The van der Waals surface area contributed by atoms with Crippen LogP contribution in [0.5, 0.6) is 0 Å². The SMILES string of the molecule is CC1CN(CO)C(=O)N1CO. The highest BCUT2D eigenvalue weighted by molar-refractivity contribution is 5.76. The third-order valence-corrected chi connectivity index (χ3v) is 1.86. The number of rotatable bonds is 2. The number of nitrogens with zero attached hydrogens (tertiary/aromatic N) is 2. The van der Waals surface area contributed by atoms with E-state index in [2.05, 4.69) is 0 Å². The molecule has 0 aromatic heterocycles. The van der Waals surface area contributed by atoms with Crippen LogP contribution < -0.4 is 0 Å². The van der Waals surface area contributed by atoms with Crippen LogP contribution in [0.15, 0.2) is 0 Å². The van der Waals surface area contributed by atoms with Gasteiger partial charge in [0.25, 0.3) is 0 Å². The lowest BCUT2D eigenvalue weighted by molar-refractivity contribution is 0.106. The molecule has 1 aliphatic rings. The summed E-state index contributed by atoms with van der Waals surface area (Å²) in [5.74, 6) is 0. The van der Waals surface area contributed by atoms with Gasteiger partial charge in [-0.05, 0) is 6.92 Å². The number of hydrogen-bond acceptors (Lipinski definition) is 3. The van der Waals surface area contributed by atoms with Gasteiger partial charge in [0.1, 0.15) is 13.5 Å². The summed E-state index contributed by atoms with van der Waals surface area (Å²) in [5.41, 5.74) is 0. The fraction of sp³-hybridized carbons (Fsp3) is 0.833. The lowest BCUT2D eigenvalue weighted by Gasteiger charge is -2.16. The molecule has 11 heavy (non-hydrogen) atoms. The van der Waals surface area contributed by atoms with Gasteiger partial charge in [0, 0.05) is 6.54 Å². The van der Waals surface area contributed by atoms with E-state index in [1.807, 2.05) is 6.92 Å². The summed E-state index contributed by atoms with van der Waals surface area (Å²) < 4.78 is 0. The second-order valence-corrected chi connectivity index (χ2v) is 2.61. The minimum atomic E-state index is -0.303. The van der Waals surface area contributed by atoms with Crippen LogP contribution in [0.4, 0.5) is 4.79 Å². The van der Waals surface area contributed by atoms with Gasteiger partial charge >= 0.3 is 6.03 Å². The lowest BCUT2D eigenvalue weighted by Crippen LogP contribution is -2.34. The van der Waals surface area contributed by atoms with Crippen molar-refractivity contribution in [3.63, 3.8) is 0 Å². The summed E-state index contributed by atoms with van der Waals surface area (Å²) in [6.45, 7) is 1.75. The van der Waals surface area contributed by atoms with E-state index < -0.39 is 0 Å². The van der Waals surface area contributed by atoms with E-state index in [4.69, 9.17) is 10.2 Å². The molecule has 1 rings (SSSR count). The van der Waals surface area contributed by atoms with Crippen LogP contribution in [-0.2, 0) is 0 Å². The van der Waals surface area contributed by atoms with Crippen LogP contribution in [0, 0.1) is 0 Å². The van der Waals surface area contributed by atoms with Gasteiger partial charge in [-0.15, -0.1) is 0 Å². The third kappa shape index (κ3) is 1.29. The Morgan fingerprint density at radius 2 is 2.18 bits per heavy atom. The van der Waals surface area contributed by atoms with Crippen molar-refractivity contribution >= 4 is 6.03 Å². The first-order valence-corrected chi connectivity index (χ1v) is 3.48. The van der Waals surface area contributed by atoms with Gasteiger partial charge < -0.3 is 10.2 Å². The van der Waals surface area contributed by atoms with Crippen molar-refractivity contribution in [1.82, 2.24) is 9.80 Å². The molecule has 1 fully saturated rings. The summed E-state index contributed by atoms with van der Waals surface area (Å²) in [4.78, 5) is 13.7. The highest BCUT2D eigenvalue weighted by Gasteiger charge is 2.32. The molecule has 1 atom stereocenters. The minimum Gasteiger partial charge on any atom is -0.376 e. The van der Waals surface area contributed by atoms with E-state index in [0.717, 1.165) is 0 Å². The van der Waals surface area contributed by atoms with E-state index in [9.17, 15) is 4.79 Å². The highest BCUT2D eigenvalue weighted by Crippen LogP contribution is 2.12. The molecule has 1 heterocycles.